The SMILES string of the molecule is CN(C)CC1C2CC(c3ccccc32)C1N. The molecular weight excluding hydrogens is 196 g/mol. The maximum absolute atomic E-state index is 6.40. The zero-order valence-electron chi connectivity index (χ0n) is 10.1. The Morgan fingerprint density at radius 2 is 1.81 bits per heavy atom. The average Bonchev–Trinajstić information content (AvgIpc) is 2.77. The van der Waals surface area contributed by atoms with Crippen molar-refractivity contribution in [2.24, 2.45) is 11.7 Å². The fraction of sp³-hybridized carbons (Fsp3) is 0.571. The Kier molecular flexibility index (Phi) is 2.30. The van der Waals surface area contributed by atoms with E-state index in [1.54, 1.807) is 5.56 Å². The molecule has 86 valence electrons. The monoisotopic (exact) mass is 216 g/mol. The number of nitrogens with two attached hydrogens (primary N) is 1. The molecule has 2 N–H and O–H groups in total. The second-order valence-corrected chi connectivity index (χ2v) is 5.58. The molecule has 2 bridgehead atoms. The van der Waals surface area contributed by atoms with Crippen LogP contribution in [0.15, 0.2) is 24.3 Å². The van der Waals surface area contributed by atoms with E-state index in [2.05, 4.69) is 43.3 Å². The first-order valence-corrected chi connectivity index (χ1v) is 6.17. The van der Waals surface area contributed by atoms with Gasteiger partial charge in [0.05, 0.1) is 0 Å². The molecule has 0 aliphatic heterocycles. The predicted octanol–water partition coefficient (Wildman–Crippen LogP) is 1.78. The fourth-order valence-electron chi connectivity index (χ4n) is 3.72. The van der Waals surface area contributed by atoms with Gasteiger partial charge in [-0.2, -0.15) is 0 Å². The van der Waals surface area contributed by atoms with Crippen LogP contribution in [-0.4, -0.2) is 31.6 Å². The van der Waals surface area contributed by atoms with E-state index in [9.17, 15) is 0 Å². The van der Waals surface area contributed by atoms with E-state index >= 15 is 0 Å². The Balaban J connectivity index is 1.95. The van der Waals surface area contributed by atoms with Crippen LogP contribution in [0.1, 0.15) is 29.4 Å². The molecule has 3 rings (SSSR count). The summed E-state index contributed by atoms with van der Waals surface area (Å²) in [5.41, 5.74) is 9.49. The van der Waals surface area contributed by atoms with E-state index in [1.807, 2.05) is 0 Å². The Bertz CT molecular complexity index is 399. The summed E-state index contributed by atoms with van der Waals surface area (Å²) in [7, 11) is 4.29. The highest BCUT2D eigenvalue weighted by molar-refractivity contribution is 5.44. The molecule has 16 heavy (non-hydrogen) atoms. The molecule has 2 aliphatic carbocycles. The lowest BCUT2D eigenvalue weighted by atomic mass is 9.80. The summed E-state index contributed by atoms with van der Waals surface area (Å²) in [5.74, 6) is 1.97. The van der Waals surface area contributed by atoms with Crippen LogP contribution in [0.4, 0.5) is 0 Å². The third-order valence-electron chi connectivity index (χ3n) is 4.35. The van der Waals surface area contributed by atoms with E-state index in [0.29, 0.717) is 23.8 Å². The highest BCUT2D eigenvalue weighted by atomic mass is 15.1. The Labute approximate surface area is 97.4 Å². The van der Waals surface area contributed by atoms with Gasteiger partial charge in [-0.3, -0.25) is 0 Å². The van der Waals surface area contributed by atoms with Crippen molar-refractivity contribution in [3.05, 3.63) is 35.4 Å². The van der Waals surface area contributed by atoms with Crippen molar-refractivity contribution >= 4 is 0 Å². The molecule has 1 saturated carbocycles. The average molecular weight is 216 g/mol. The molecule has 4 unspecified atom stereocenters. The molecule has 1 aromatic rings. The second-order valence-electron chi connectivity index (χ2n) is 5.58. The van der Waals surface area contributed by atoms with Gasteiger partial charge in [0.1, 0.15) is 0 Å². The molecule has 2 nitrogen and oxygen atoms in total. The molecule has 0 aromatic heterocycles. The topological polar surface area (TPSA) is 29.3 Å². The summed E-state index contributed by atoms with van der Waals surface area (Å²) in [5, 5.41) is 0. The normalized spacial score (nSPS) is 35.8. The van der Waals surface area contributed by atoms with Gasteiger partial charge in [-0.15, -0.1) is 0 Å². The third-order valence-corrected chi connectivity index (χ3v) is 4.35. The van der Waals surface area contributed by atoms with Crippen LogP contribution >= 0.6 is 0 Å². The Morgan fingerprint density at radius 3 is 2.44 bits per heavy atom. The zero-order valence-corrected chi connectivity index (χ0v) is 10.1. The first-order chi connectivity index (χ1) is 7.68. The highest BCUT2D eigenvalue weighted by Gasteiger charge is 2.48. The van der Waals surface area contributed by atoms with Gasteiger partial charge >= 0.3 is 0 Å². The number of fused-ring (bicyclic) bond motifs is 5. The van der Waals surface area contributed by atoms with Crippen molar-refractivity contribution < 1.29 is 0 Å². The molecule has 0 radical (unpaired) electrons. The standard InChI is InChI=1S/C14H20N2/c1-16(2)8-13-11-7-12(14(13)15)10-6-4-3-5-9(10)11/h3-6,11-14H,7-8,15H2,1-2H3. The number of hydrogen-bond acceptors (Lipinski definition) is 2. The van der Waals surface area contributed by atoms with Gasteiger partial charge in [0.2, 0.25) is 0 Å². The summed E-state index contributed by atoms with van der Waals surface area (Å²) in [6.45, 7) is 1.12. The minimum absolute atomic E-state index is 0.363. The largest absolute Gasteiger partial charge is 0.327 e. The number of hydrogen-bond donors (Lipinski definition) is 1. The molecule has 1 aromatic carbocycles. The minimum atomic E-state index is 0.363. The quantitative estimate of drug-likeness (QED) is 0.816. The molecular formula is C14H20N2. The molecule has 1 fully saturated rings. The maximum Gasteiger partial charge on any atom is 0.0155 e. The lowest BCUT2D eigenvalue weighted by Gasteiger charge is -2.32. The molecule has 0 saturated heterocycles. The van der Waals surface area contributed by atoms with Crippen LogP contribution in [0.2, 0.25) is 0 Å². The van der Waals surface area contributed by atoms with Gasteiger partial charge in [0, 0.05) is 18.5 Å². The fourth-order valence-corrected chi connectivity index (χ4v) is 3.72. The van der Waals surface area contributed by atoms with Crippen LogP contribution in [0.5, 0.6) is 0 Å². The van der Waals surface area contributed by atoms with Crippen LogP contribution in [0.25, 0.3) is 0 Å². The molecule has 2 heteroatoms. The maximum atomic E-state index is 6.40. The number of nitrogens with zero attached hydrogens (tertiary/aromatic N) is 1. The van der Waals surface area contributed by atoms with Crippen LogP contribution in [0, 0.1) is 5.92 Å². The van der Waals surface area contributed by atoms with Crippen molar-refractivity contribution in [1.82, 2.24) is 4.90 Å². The molecule has 0 amide bonds. The van der Waals surface area contributed by atoms with Crippen molar-refractivity contribution in [3.8, 4) is 0 Å². The van der Waals surface area contributed by atoms with Crippen molar-refractivity contribution in [1.29, 1.82) is 0 Å². The van der Waals surface area contributed by atoms with Crippen LogP contribution in [0.3, 0.4) is 0 Å². The lowest BCUT2D eigenvalue weighted by molar-refractivity contribution is 0.282. The van der Waals surface area contributed by atoms with Crippen LogP contribution in [-0.2, 0) is 0 Å². The summed E-state index contributed by atoms with van der Waals surface area (Å²) in [6, 6.07) is 9.24. The number of rotatable bonds is 2. The number of benzene rings is 1. The molecule has 2 aliphatic rings. The third kappa shape index (κ3) is 1.33. The van der Waals surface area contributed by atoms with Crippen molar-refractivity contribution in [2.75, 3.05) is 20.6 Å². The lowest BCUT2D eigenvalue weighted by Crippen LogP contribution is -2.40. The minimum Gasteiger partial charge on any atom is -0.327 e. The van der Waals surface area contributed by atoms with Gasteiger partial charge in [0.15, 0.2) is 0 Å². The van der Waals surface area contributed by atoms with E-state index < -0.39 is 0 Å². The summed E-state index contributed by atoms with van der Waals surface area (Å²) in [4.78, 5) is 2.27. The van der Waals surface area contributed by atoms with E-state index in [0.717, 1.165) is 6.54 Å². The van der Waals surface area contributed by atoms with Gasteiger partial charge in [-0.1, -0.05) is 24.3 Å². The molecule has 4 atom stereocenters. The van der Waals surface area contributed by atoms with E-state index in [4.69, 9.17) is 5.73 Å². The first-order valence-electron chi connectivity index (χ1n) is 6.17. The van der Waals surface area contributed by atoms with Gasteiger partial charge in [-0.25, -0.2) is 0 Å². The van der Waals surface area contributed by atoms with Crippen LogP contribution < -0.4 is 5.73 Å². The highest BCUT2D eigenvalue weighted by Crippen LogP contribution is 2.55. The van der Waals surface area contributed by atoms with Crippen molar-refractivity contribution in [3.63, 3.8) is 0 Å². The first kappa shape index (κ1) is 10.3. The smallest absolute Gasteiger partial charge is 0.0155 e. The van der Waals surface area contributed by atoms with Gasteiger partial charge < -0.3 is 10.6 Å². The Morgan fingerprint density at radius 1 is 1.19 bits per heavy atom. The molecule has 0 heterocycles. The summed E-state index contributed by atoms with van der Waals surface area (Å²) >= 11 is 0. The summed E-state index contributed by atoms with van der Waals surface area (Å²) < 4.78 is 0. The second kappa shape index (κ2) is 3.57. The Hall–Kier alpha value is -0.860. The van der Waals surface area contributed by atoms with E-state index in [1.165, 1.54) is 12.0 Å². The zero-order chi connectivity index (χ0) is 11.3. The summed E-state index contributed by atoms with van der Waals surface area (Å²) in [6.07, 6.45) is 1.28. The van der Waals surface area contributed by atoms with E-state index in [-0.39, 0.29) is 0 Å². The van der Waals surface area contributed by atoms with Gasteiger partial charge in [-0.05, 0) is 43.5 Å². The predicted molar refractivity (Wildman–Crippen MR) is 66.6 cm³/mol. The van der Waals surface area contributed by atoms with Crippen molar-refractivity contribution in [2.45, 2.75) is 24.3 Å². The van der Waals surface area contributed by atoms with Gasteiger partial charge in [0.25, 0.3) is 0 Å². The molecule has 0 spiro atoms.